The lowest BCUT2D eigenvalue weighted by Crippen LogP contribution is -2.50. The predicted molar refractivity (Wildman–Crippen MR) is 123 cm³/mol. The van der Waals surface area contributed by atoms with Crippen LogP contribution in [0.15, 0.2) is 42.5 Å². The molecular formula is C23H25N3O6S. The van der Waals surface area contributed by atoms with Gasteiger partial charge < -0.3 is 19.7 Å². The van der Waals surface area contributed by atoms with Gasteiger partial charge in [0.2, 0.25) is 11.8 Å². The maximum absolute atomic E-state index is 13.0. The summed E-state index contributed by atoms with van der Waals surface area (Å²) in [4.78, 5) is 38.0. The standard InChI is InChI=1S/C23H25N3O6S/c1-31-19-12-15(17(26(29)30)13-20(19)32-2)9-11-24-22(28)18-14-33-23(10-8-21(27)25(18)23)16-6-4-3-5-7-16/h3-7,12-13,18H,8-11,14H2,1-2H3,(H,24,28)/t18-,23+/m0/s1. The number of carbonyl (C=O) groups is 2. The molecule has 0 aliphatic carbocycles. The predicted octanol–water partition coefficient (Wildman–Crippen LogP) is 2.86. The van der Waals surface area contributed by atoms with Gasteiger partial charge in [-0.15, -0.1) is 11.8 Å². The van der Waals surface area contributed by atoms with Crippen LogP contribution in [0, 0.1) is 10.1 Å². The Kier molecular flexibility index (Phi) is 6.46. The van der Waals surface area contributed by atoms with Crippen molar-refractivity contribution in [3.63, 3.8) is 0 Å². The quantitative estimate of drug-likeness (QED) is 0.465. The summed E-state index contributed by atoms with van der Waals surface area (Å²) in [5.74, 6) is 0.873. The number of nitro benzene ring substituents is 1. The van der Waals surface area contributed by atoms with Crippen LogP contribution in [-0.4, -0.2) is 54.2 Å². The number of nitrogens with one attached hydrogen (secondary N) is 1. The van der Waals surface area contributed by atoms with Gasteiger partial charge in [0.25, 0.3) is 5.69 Å². The van der Waals surface area contributed by atoms with E-state index in [0.717, 1.165) is 5.56 Å². The molecule has 4 rings (SSSR count). The van der Waals surface area contributed by atoms with Crippen molar-refractivity contribution in [2.24, 2.45) is 0 Å². The minimum absolute atomic E-state index is 0.0282. The Labute approximate surface area is 195 Å². The molecule has 2 saturated heterocycles. The monoisotopic (exact) mass is 471 g/mol. The van der Waals surface area contributed by atoms with Crippen LogP contribution in [0.25, 0.3) is 0 Å². The molecule has 2 aromatic rings. The number of benzene rings is 2. The summed E-state index contributed by atoms with van der Waals surface area (Å²) in [5, 5.41) is 14.4. The number of carbonyl (C=O) groups excluding carboxylic acids is 2. The summed E-state index contributed by atoms with van der Waals surface area (Å²) in [7, 11) is 2.87. The van der Waals surface area contributed by atoms with Gasteiger partial charge in [-0.2, -0.15) is 0 Å². The van der Waals surface area contributed by atoms with Gasteiger partial charge in [-0.3, -0.25) is 19.7 Å². The summed E-state index contributed by atoms with van der Waals surface area (Å²) >= 11 is 1.62. The molecule has 1 N–H and O–H groups in total. The third-order valence-corrected chi connectivity index (χ3v) is 7.73. The fraction of sp³-hybridized carbons (Fsp3) is 0.391. The van der Waals surface area contributed by atoms with Crippen LogP contribution in [0.1, 0.15) is 24.0 Å². The van der Waals surface area contributed by atoms with Gasteiger partial charge in [-0.25, -0.2) is 0 Å². The van der Waals surface area contributed by atoms with Gasteiger partial charge in [0.15, 0.2) is 11.5 Å². The van der Waals surface area contributed by atoms with Crippen LogP contribution >= 0.6 is 11.8 Å². The topological polar surface area (TPSA) is 111 Å². The number of methoxy groups -OCH3 is 2. The van der Waals surface area contributed by atoms with E-state index in [-0.39, 0.29) is 36.2 Å². The summed E-state index contributed by atoms with van der Waals surface area (Å²) < 4.78 is 10.4. The van der Waals surface area contributed by atoms with Crippen molar-refractivity contribution in [3.8, 4) is 11.5 Å². The highest BCUT2D eigenvalue weighted by molar-refractivity contribution is 8.00. The smallest absolute Gasteiger partial charge is 0.276 e. The average molecular weight is 472 g/mol. The third-order valence-electron chi connectivity index (χ3n) is 6.13. The van der Waals surface area contributed by atoms with E-state index in [1.54, 1.807) is 22.7 Å². The van der Waals surface area contributed by atoms with E-state index in [2.05, 4.69) is 5.32 Å². The normalized spacial score (nSPS) is 21.6. The van der Waals surface area contributed by atoms with E-state index in [9.17, 15) is 19.7 Å². The lowest BCUT2D eigenvalue weighted by Gasteiger charge is -2.34. The van der Waals surface area contributed by atoms with Gasteiger partial charge in [0.1, 0.15) is 10.9 Å². The maximum atomic E-state index is 13.0. The van der Waals surface area contributed by atoms with Crippen LogP contribution in [0.5, 0.6) is 11.5 Å². The molecule has 0 radical (unpaired) electrons. The zero-order valence-electron chi connectivity index (χ0n) is 18.4. The molecule has 174 valence electrons. The van der Waals surface area contributed by atoms with E-state index in [1.807, 2.05) is 30.3 Å². The second-order valence-corrected chi connectivity index (χ2v) is 9.17. The Balaban J connectivity index is 1.47. The number of amides is 2. The largest absolute Gasteiger partial charge is 0.493 e. The summed E-state index contributed by atoms with van der Waals surface area (Å²) in [6.07, 6.45) is 1.31. The SMILES string of the molecule is COc1cc(CCNC(=O)[C@@H]2CS[C@@]3(c4ccccc4)CCC(=O)N23)c([N+](=O)[O-])cc1OC. The molecule has 0 saturated carbocycles. The number of hydrogen-bond acceptors (Lipinski definition) is 7. The average Bonchev–Trinajstić information content (AvgIpc) is 3.38. The number of nitrogens with zero attached hydrogens (tertiary/aromatic N) is 2. The number of ether oxygens (including phenoxy) is 2. The molecule has 2 aliphatic heterocycles. The van der Waals surface area contributed by atoms with Gasteiger partial charge in [0.05, 0.1) is 25.2 Å². The van der Waals surface area contributed by atoms with E-state index in [4.69, 9.17) is 9.47 Å². The van der Waals surface area contributed by atoms with Crippen molar-refractivity contribution in [2.45, 2.75) is 30.2 Å². The number of fused-ring (bicyclic) bond motifs is 1. The van der Waals surface area contributed by atoms with Crippen LogP contribution in [0.4, 0.5) is 5.69 Å². The minimum Gasteiger partial charge on any atom is -0.493 e. The number of hydrogen-bond donors (Lipinski definition) is 1. The molecule has 33 heavy (non-hydrogen) atoms. The minimum atomic E-state index is -0.578. The molecule has 2 amide bonds. The fourth-order valence-corrected chi connectivity index (χ4v) is 6.21. The first-order valence-corrected chi connectivity index (χ1v) is 11.6. The summed E-state index contributed by atoms with van der Waals surface area (Å²) in [6.45, 7) is 0.191. The van der Waals surface area contributed by atoms with Crippen molar-refractivity contribution in [3.05, 3.63) is 63.7 Å². The van der Waals surface area contributed by atoms with E-state index in [0.29, 0.717) is 29.9 Å². The van der Waals surface area contributed by atoms with Crippen LogP contribution in [-0.2, 0) is 20.9 Å². The van der Waals surface area contributed by atoms with E-state index in [1.165, 1.54) is 20.3 Å². The molecule has 9 nitrogen and oxygen atoms in total. The molecule has 0 aromatic heterocycles. The highest BCUT2D eigenvalue weighted by Gasteiger charge is 2.56. The maximum Gasteiger partial charge on any atom is 0.276 e. The lowest BCUT2D eigenvalue weighted by atomic mass is 10.0. The molecule has 2 aromatic carbocycles. The van der Waals surface area contributed by atoms with E-state index >= 15 is 0 Å². The molecule has 2 atom stereocenters. The molecule has 0 spiro atoms. The van der Waals surface area contributed by atoms with Gasteiger partial charge in [-0.05, 0) is 24.5 Å². The van der Waals surface area contributed by atoms with Crippen molar-refractivity contribution >= 4 is 29.3 Å². The first-order chi connectivity index (χ1) is 15.9. The Morgan fingerprint density at radius 1 is 1.24 bits per heavy atom. The Hall–Kier alpha value is -3.27. The lowest BCUT2D eigenvalue weighted by molar-refractivity contribution is -0.385. The molecule has 10 heteroatoms. The highest BCUT2D eigenvalue weighted by Crippen LogP contribution is 2.54. The van der Waals surface area contributed by atoms with Crippen LogP contribution < -0.4 is 14.8 Å². The van der Waals surface area contributed by atoms with E-state index < -0.39 is 15.8 Å². The second kappa shape index (κ2) is 9.30. The number of rotatable bonds is 8. The molecule has 2 aliphatic rings. The molecule has 0 unspecified atom stereocenters. The van der Waals surface area contributed by atoms with Crippen LogP contribution in [0.2, 0.25) is 0 Å². The number of thioether (sulfide) groups is 1. The molecule has 2 heterocycles. The zero-order valence-corrected chi connectivity index (χ0v) is 19.2. The Morgan fingerprint density at radius 3 is 2.61 bits per heavy atom. The third kappa shape index (κ3) is 4.10. The van der Waals surface area contributed by atoms with Gasteiger partial charge in [0, 0.05) is 24.3 Å². The van der Waals surface area contributed by atoms with Crippen molar-refractivity contribution < 1.29 is 24.0 Å². The first-order valence-electron chi connectivity index (χ1n) is 10.6. The van der Waals surface area contributed by atoms with Gasteiger partial charge >= 0.3 is 0 Å². The highest BCUT2D eigenvalue weighted by atomic mass is 32.2. The second-order valence-electron chi connectivity index (χ2n) is 7.87. The Morgan fingerprint density at radius 2 is 1.94 bits per heavy atom. The van der Waals surface area contributed by atoms with Crippen molar-refractivity contribution in [1.82, 2.24) is 10.2 Å². The van der Waals surface area contributed by atoms with Crippen molar-refractivity contribution in [1.29, 1.82) is 0 Å². The van der Waals surface area contributed by atoms with Gasteiger partial charge in [-0.1, -0.05) is 30.3 Å². The molecule has 0 bridgehead atoms. The number of nitro groups is 1. The van der Waals surface area contributed by atoms with Crippen molar-refractivity contribution in [2.75, 3.05) is 26.5 Å². The summed E-state index contributed by atoms with van der Waals surface area (Å²) in [5.41, 5.74) is 1.35. The fourth-order valence-electron chi connectivity index (χ4n) is 4.55. The van der Waals surface area contributed by atoms with Crippen LogP contribution in [0.3, 0.4) is 0 Å². The zero-order chi connectivity index (χ0) is 23.6. The molecule has 2 fully saturated rings. The first kappa shape index (κ1) is 22.9. The summed E-state index contributed by atoms with van der Waals surface area (Å²) in [6, 6.07) is 12.1. The Bertz CT molecular complexity index is 1080. The molecular weight excluding hydrogens is 446 g/mol.